The van der Waals surface area contributed by atoms with Crippen LogP contribution >= 0.6 is 0 Å². The Morgan fingerprint density at radius 2 is 1.55 bits per heavy atom. The molecule has 0 unspecified atom stereocenters. The van der Waals surface area contributed by atoms with Gasteiger partial charge in [0.15, 0.2) is 0 Å². The molecule has 0 radical (unpaired) electrons. The second-order valence-corrected chi connectivity index (χ2v) is 8.08. The van der Waals surface area contributed by atoms with E-state index in [0.717, 1.165) is 48.6 Å². The topological polar surface area (TPSA) is 28.6 Å². The van der Waals surface area contributed by atoms with Crippen molar-refractivity contribution in [2.24, 2.45) is 0 Å². The van der Waals surface area contributed by atoms with Gasteiger partial charge in [-0.3, -0.25) is 0 Å². The zero-order valence-corrected chi connectivity index (χ0v) is 17.9. The SMILES string of the molecule is Cc1cccc(COc2cccc3ccc(N4CCN(c5ccccc5)CC4)nc23)c1. The van der Waals surface area contributed by atoms with E-state index in [1.54, 1.807) is 0 Å². The number of ether oxygens (including phenoxy) is 1. The number of piperazine rings is 1. The van der Waals surface area contributed by atoms with Crippen LogP contribution in [0.1, 0.15) is 11.1 Å². The maximum absolute atomic E-state index is 6.19. The third-order valence-electron chi connectivity index (χ3n) is 5.87. The quantitative estimate of drug-likeness (QED) is 0.438. The molecule has 0 atom stereocenters. The van der Waals surface area contributed by atoms with Crippen LogP contribution in [0.2, 0.25) is 0 Å². The van der Waals surface area contributed by atoms with E-state index < -0.39 is 0 Å². The van der Waals surface area contributed by atoms with Crippen LogP contribution in [0.15, 0.2) is 84.9 Å². The highest BCUT2D eigenvalue weighted by atomic mass is 16.5. The molecular formula is C27H27N3O. The number of anilines is 2. The van der Waals surface area contributed by atoms with E-state index in [1.807, 2.05) is 12.1 Å². The normalized spacial score (nSPS) is 14.1. The molecule has 1 aliphatic rings. The first-order valence-corrected chi connectivity index (χ1v) is 10.9. The van der Waals surface area contributed by atoms with Crippen molar-refractivity contribution in [3.8, 4) is 5.75 Å². The first kappa shape index (κ1) is 19.4. The highest BCUT2D eigenvalue weighted by Crippen LogP contribution is 2.28. The first-order chi connectivity index (χ1) is 15.3. The fraction of sp³-hybridized carbons (Fsp3) is 0.222. The molecule has 4 nitrogen and oxygen atoms in total. The second kappa shape index (κ2) is 8.68. The van der Waals surface area contributed by atoms with Crippen molar-refractivity contribution in [3.05, 3.63) is 96.1 Å². The van der Waals surface area contributed by atoms with Crippen LogP contribution in [-0.2, 0) is 6.61 Å². The lowest BCUT2D eigenvalue weighted by molar-refractivity contribution is 0.309. The lowest BCUT2D eigenvalue weighted by Gasteiger charge is -2.36. The Labute approximate surface area is 183 Å². The zero-order chi connectivity index (χ0) is 21.0. The predicted molar refractivity (Wildman–Crippen MR) is 128 cm³/mol. The van der Waals surface area contributed by atoms with Gasteiger partial charge >= 0.3 is 0 Å². The van der Waals surface area contributed by atoms with E-state index in [9.17, 15) is 0 Å². The number of para-hydroxylation sites is 2. The van der Waals surface area contributed by atoms with E-state index in [4.69, 9.17) is 9.72 Å². The summed E-state index contributed by atoms with van der Waals surface area (Å²) < 4.78 is 6.19. The lowest BCUT2D eigenvalue weighted by Crippen LogP contribution is -2.46. The Bertz CT molecular complexity index is 1170. The molecule has 1 aliphatic heterocycles. The average Bonchev–Trinajstić information content (AvgIpc) is 2.83. The number of rotatable bonds is 5. The smallest absolute Gasteiger partial charge is 0.146 e. The van der Waals surface area contributed by atoms with Gasteiger partial charge in [0.05, 0.1) is 0 Å². The summed E-state index contributed by atoms with van der Waals surface area (Å²) in [7, 11) is 0. The minimum absolute atomic E-state index is 0.544. The molecule has 2 heterocycles. The van der Waals surface area contributed by atoms with Crippen molar-refractivity contribution >= 4 is 22.4 Å². The standard InChI is InChI=1S/C27H27N3O/c1-21-7-5-8-22(19-21)20-31-25-12-6-9-23-13-14-26(28-27(23)25)30-17-15-29(16-18-30)24-10-3-2-4-11-24/h2-14,19H,15-18,20H2,1H3. The summed E-state index contributed by atoms with van der Waals surface area (Å²) >= 11 is 0. The minimum Gasteiger partial charge on any atom is -0.487 e. The fourth-order valence-corrected chi connectivity index (χ4v) is 4.20. The number of benzene rings is 3. The van der Waals surface area contributed by atoms with Crippen LogP contribution in [0.5, 0.6) is 5.75 Å². The number of pyridine rings is 1. The van der Waals surface area contributed by atoms with Gasteiger partial charge in [-0.2, -0.15) is 0 Å². The molecule has 5 rings (SSSR count). The molecule has 4 aromatic rings. The van der Waals surface area contributed by atoms with Crippen molar-refractivity contribution in [2.45, 2.75) is 13.5 Å². The van der Waals surface area contributed by atoms with Gasteiger partial charge in [-0.15, -0.1) is 0 Å². The second-order valence-electron chi connectivity index (χ2n) is 8.08. The summed E-state index contributed by atoms with van der Waals surface area (Å²) in [4.78, 5) is 9.82. The van der Waals surface area contributed by atoms with Gasteiger partial charge in [0.25, 0.3) is 0 Å². The lowest BCUT2D eigenvalue weighted by atomic mass is 10.1. The summed E-state index contributed by atoms with van der Waals surface area (Å²) in [6.07, 6.45) is 0. The summed E-state index contributed by atoms with van der Waals surface area (Å²) in [6.45, 7) is 6.55. The van der Waals surface area contributed by atoms with Gasteiger partial charge in [0.2, 0.25) is 0 Å². The van der Waals surface area contributed by atoms with Crippen molar-refractivity contribution in [1.29, 1.82) is 0 Å². The molecular weight excluding hydrogens is 382 g/mol. The third kappa shape index (κ3) is 4.33. The molecule has 1 aromatic heterocycles. The zero-order valence-electron chi connectivity index (χ0n) is 17.9. The Balaban J connectivity index is 1.33. The minimum atomic E-state index is 0.544. The summed E-state index contributed by atoms with van der Waals surface area (Å²) in [6, 6.07) is 29.5. The molecule has 0 bridgehead atoms. The Morgan fingerprint density at radius 3 is 2.35 bits per heavy atom. The highest BCUT2D eigenvalue weighted by Gasteiger charge is 2.19. The fourth-order valence-electron chi connectivity index (χ4n) is 4.20. The molecule has 0 saturated carbocycles. The molecule has 1 saturated heterocycles. The number of fused-ring (bicyclic) bond motifs is 1. The van der Waals surface area contributed by atoms with Gasteiger partial charge in [0, 0.05) is 37.3 Å². The van der Waals surface area contributed by atoms with Crippen LogP contribution in [0, 0.1) is 6.92 Å². The Hall–Kier alpha value is -3.53. The number of hydrogen-bond donors (Lipinski definition) is 0. The van der Waals surface area contributed by atoms with E-state index >= 15 is 0 Å². The Morgan fingerprint density at radius 1 is 0.774 bits per heavy atom. The van der Waals surface area contributed by atoms with Crippen LogP contribution in [0.3, 0.4) is 0 Å². The van der Waals surface area contributed by atoms with E-state index in [0.29, 0.717) is 6.61 Å². The average molecular weight is 410 g/mol. The molecule has 31 heavy (non-hydrogen) atoms. The summed E-state index contributed by atoms with van der Waals surface area (Å²) in [5.74, 6) is 1.86. The molecule has 4 heteroatoms. The predicted octanol–water partition coefficient (Wildman–Crippen LogP) is 5.45. The molecule has 0 spiro atoms. The molecule has 0 N–H and O–H groups in total. The van der Waals surface area contributed by atoms with Crippen LogP contribution < -0.4 is 14.5 Å². The van der Waals surface area contributed by atoms with Crippen LogP contribution in [0.4, 0.5) is 11.5 Å². The summed E-state index contributed by atoms with van der Waals surface area (Å²) in [5, 5.41) is 1.11. The van der Waals surface area contributed by atoms with Crippen molar-refractivity contribution in [2.75, 3.05) is 36.0 Å². The van der Waals surface area contributed by atoms with Gasteiger partial charge in [-0.25, -0.2) is 4.98 Å². The van der Waals surface area contributed by atoms with E-state index in [1.165, 1.54) is 16.8 Å². The number of aryl methyl sites for hydroxylation is 1. The van der Waals surface area contributed by atoms with Gasteiger partial charge in [-0.05, 0) is 42.8 Å². The van der Waals surface area contributed by atoms with Gasteiger partial charge in [0.1, 0.15) is 23.7 Å². The molecule has 0 aliphatic carbocycles. The van der Waals surface area contributed by atoms with E-state index in [-0.39, 0.29) is 0 Å². The molecule has 3 aromatic carbocycles. The largest absolute Gasteiger partial charge is 0.487 e. The molecule has 0 amide bonds. The first-order valence-electron chi connectivity index (χ1n) is 10.9. The summed E-state index contributed by atoms with van der Waals surface area (Å²) in [5.41, 5.74) is 4.64. The maximum Gasteiger partial charge on any atom is 0.146 e. The van der Waals surface area contributed by atoms with Gasteiger partial charge < -0.3 is 14.5 Å². The van der Waals surface area contributed by atoms with Gasteiger partial charge in [-0.1, -0.05) is 60.2 Å². The monoisotopic (exact) mass is 409 g/mol. The number of aromatic nitrogens is 1. The third-order valence-corrected chi connectivity index (χ3v) is 5.87. The Kier molecular flexibility index (Phi) is 5.44. The van der Waals surface area contributed by atoms with Crippen molar-refractivity contribution < 1.29 is 4.74 Å². The van der Waals surface area contributed by atoms with Crippen molar-refractivity contribution in [3.63, 3.8) is 0 Å². The molecule has 156 valence electrons. The number of hydrogen-bond acceptors (Lipinski definition) is 4. The number of nitrogens with zero attached hydrogens (tertiary/aromatic N) is 3. The maximum atomic E-state index is 6.19. The van der Waals surface area contributed by atoms with E-state index in [2.05, 4.69) is 89.5 Å². The van der Waals surface area contributed by atoms with Crippen LogP contribution in [-0.4, -0.2) is 31.2 Å². The van der Waals surface area contributed by atoms with Crippen molar-refractivity contribution in [1.82, 2.24) is 4.98 Å². The highest BCUT2D eigenvalue weighted by molar-refractivity contribution is 5.86. The molecule has 1 fully saturated rings. The van der Waals surface area contributed by atoms with Crippen LogP contribution in [0.25, 0.3) is 10.9 Å².